The molecular formula is C14H20O2S. The third kappa shape index (κ3) is 4.44. The average molecular weight is 252 g/mol. The molecule has 0 aliphatic carbocycles. The van der Waals surface area contributed by atoms with E-state index < -0.39 is 16.4 Å². The molecule has 0 aliphatic heterocycles. The van der Waals surface area contributed by atoms with Gasteiger partial charge in [0.1, 0.15) is 0 Å². The molecule has 94 valence electrons. The van der Waals surface area contributed by atoms with Gasteiger partial charge in [0.15, 0.2) is 0 Å². The number of benzene rings is 1. The van der Waals surface area contributed by atoms with Crippen molar-refractivity contribution < 1.29 is 9.32 Å². The molecule has 1 aromatic carbocycles. The largest absolute Gasteiger partial charge is 0.386 e. The second-order valence-corrected chi connectivity index (χ2v) is 6.27. The fourth-order valence-corrected chi connectivity index (χ4v) is 2.27. The zero-order valence-corrected chi connectivity index (χ0v) is 11.7. The van der Waals surface area contributed by atoms with Gasteiger partial charge < -0.3 is 5.11 Å². The van der Waals surface area contributed by atoms with E-state index in [4.69, 9.17) is 0 Å². The van der Waals surface area contributed by atoms with Crippen LogP contribution >= 0.6 is 0 Å². The summed E-state index contributed by atoms with van der Waals surface area (Å²) in [5.74, 6) is 0.443. The first-order chi connectivity index (χ1) is 7.80. The maximum absolute atomic E-state index is 12.0. The highest BCUT2D eigenvalue weighted by atomic mass is 32.2. The van der Waals surface area contributed by atoms with Gasteiger partial charge in [-0.15, -0.1) is 0 Å². The van der Waals surface area contributed by atoms with E-state index in [-0.39, 0.29) is 0 Å². The zero-order chi connectivity index (χ0) is 13.1. The summed E-state index contributed by atoms with van der Waals surface area (Å²) in [4.78, 5) is 0.829. The highest BCUT2D eigenvalue weighted by Gasteiger charge is 2.14. The first-order valence-corrected chi connectivity index (χ1v) is 6.97. The maximum atomic E-state index is 12.0. The Morgan fingerprint density at radius 3 is 2.35 bits per heavy atom. The Labute approximate surface area is 106 Å². The molecular weight excluding hydrogens is 232 g/mol. The fourth-order valence-electron chi connectivity index (χ4n) is 1.24. The Morgan fingerprint density at radius 1 is 1.35 bits per heavy atom. The van der Waals surface area contributed by atoms with Crippen LogP contribution in [0.1, 0.15) is 26.3 Å². The number of aliphatic hydroxyl groups is 1. The Balaban J connectivity index is 2.71. The zero-order valence-electron chi connectivity index (χ0n) is 10.9. The third-order valence-corrected chi connectivity index (χ3v) is 4.06. The standard InChI is InChI=1S/C14H20O2S/c1-11-5-7-13(8-6-11)17(16)10-9-12(2)14(3,4)15/h5-9,15H,10H2,1-4H3/b12-9+. The van der Waals surface area contributed by atoms with Gasteiger partial charge in [0, 0.05) is 10.6 Å². The van der Waals surface area contributed by atoms with Gasteiger partial charge >= 0.3 is 0 Å². The van der Waals surface area contributed by atoms with Crippen molar-refractivity contribution in [2.24, 2.45) is 0 Å². The van der Waals surface area contributed by atoms with Crippen molar-refractivity contribution in [2.45, 2.75) is 38.2 Å². The summed E-state index contributed by atoms with van der Waals surface area (Å²) >= 11 is 0. The molecule has 1 aromatic rings. The molecule has 1 unspecified atom stereocenters. The predicted molar refractivity (Wildman–Crippen MR) is 72.5 cm³/mol. The summed E-state index contributed by atoms with van der Waals surface area (Å²) in [5.41, 5.74) is 1.17. The van der Waals surface area contributed by atoms with Gasteiger partial charge in [0.05, 0.1) is 16.4 Å². The minimum atomic E-state index is -1.03. The number of hydrogen-bond acceptors (Lipinski definition) is 2. The van der Waals surface area contributed by atoms with E-state index in [9.17, 15) is 9.32 Å². The summed E-state index contributed by atoms with van der Waals surface area (Å²) in [7, 11) is -1.03. The van der Waals surface area contributed by atoms with Crippen LogP contribution in [0.4, 0.5) is 0 Å². The molecule has 0 fully saturated rings. The summed E-state index contributed by atoms with van der Waals surface area (Å²) in [6.07, 6.45) is 1.84. The lowest BCUT2D eigenvalue weighted by molar-refractivity contribution is 0.120. The second-order valence-electron chi connectivity index (χ2n) is 4.77. The molecule has 0 amide bonds. The molecule has 0 heterocycles. The van der Waals surface area contributed by atoms with Crippen molar-refractivity contribution in [3.05, 3.63) is 41.5 Å². The predicted octanol–water partition coefficient (Wildman–Crippen LogP) is 2.82. The van der Waals surface area contributed by atoms with Gasteiger partial charge in [0.2, 0.25) is 0 Å². The molecule has 0 aromatic heterocycles. The molecule has 0 bridgehead atoms. The normalized spacial score (nSPS) is 14.8. The van der Waals surface area contributed by atoms with Crippen LogP contribution < -0.4 is 0 Å². The lowest BCUT2D eigenvalue weighted by Crippen LogP contribution is -2.20. The van der Waals surface area contributed by atoms with Crippen molar-refractivity contribution in [1.82, 2.24) is 0 Å². The molecule has 0 spiro atoms. The molecule has 1 N–H and O–H groups in total. The molecule has 2 nitrogen and oxygen atoms in total. The van der Waals surface area contributed by atoms with Gasteiger partial charge in [-0.2, -0.15) is 0 Å². The van der Waals surface area contributed by atoms with Crippen LogP contribution in [0.25, 0.3) is 0 Å². The van der Waals surface area contributed by atoms with E-state index in [1.807, 2.05) is 44.2 Å². The van der Waals surface area contributed by atoms with E-state index in [0.29, 0.717) is 5.75 Å². The van der Waals surface area contributed by atoms with Gasteiger partial charge in [-0.3, -0.25) is 4.21 Å². The van der Waals surface area contributed by atoms with E-state index in [2.05, 4.69) is 0 Å². The van der Waals surface area contributed by atoms with Gasteiger partial charge in [-0.1, -0.05) is 23.8 Å². The second kappa shape index (κ2) is 5.61. The average Bonchev–Trinajstić information content (AvgIpc) is 2.25. The molecule has 0 saturated heterocycles. The van der Waals surface area contributed by atoms with Crippen LogP contribution in [0, 0.1) is 6.92 Å². The van der Waals surface area contributed by atoms with Crippen molar-refractivity contribution >= 4 is 10.8 Å². The molecule has 17 heavy (non-hydrogen) atoms. The summed E-state index contributed by atoms with van der Waals surface area (Å²) in [6.45, 7) is 7.32. The van der Waals surface area contributed by atoms with Crippen molar-refractivity contribution in [1.29, 1.82) is 0 Å². The molecule has 3 heteroatoms. The smallest absolute Gasteiger partial charge is 0.0798 e. The van der Waals surface area contributed by atoms with Crippen molar-refractivity contribution in [3.63, 3.8) is 0 Å². The van der Waals surface area contributed by atoms with Crippen molar-refractivity contribution in [3.8, 4) is 0 Å². The topological polar surface area (TPSA) is 37.3 Å². The van der Waals surface area contributed by atoms with E-state index in [1.165, 1.54) is 0 Å². The lowest BCUT2D eigenvalue weighted by atomic mass is 10.0. The Morgan fingerprint density at radius 2 is 1.88 bits per heavy atom. The molecule has 0 aliphatic rings. The molecule has 1 rings (SSSR count). The van der Waals surface area contributed by atoms with Crippen LogP contribution in [0.15, 0.2) is 40.8 Å². The van der Waals surface area contributed by atoms with E-state index in [1.54, 1.807) is 13.8 Å². The molecule has 0 saturated carbocycles. The molecule has 0 radical (unpaired) electrons. The first-order valence-electron chi connectivity index (χ1n) is 5.65. The fraction of sp³-hybridized carbons (Fsp3) is 0.429. The highest BCUT2D eigenvalue weighted by Crippen LogP contribution is 2.15. The van der Waals surface area contributed by atoms with Gasteiger partial charge in [-0.25, -0.2) is 0 Å². The lowest BCUT2D eigenvalue weighted by Gasteiger charge is -2.18. The van der Waals surface area contributed by atoms with Gasteiger partial charge in [0.25, 0.3) is 0 Å². The highest BCUT2D eigenvalue weighted by molar-refractivity contribution is 7.85. The van der Waals surface area contributed by atoms with E-state index >= 15 is 0 Å². The number of rotatable bonds is 4. The van der Waals surface area contributed by atoms with Gasteiger partial charge in [-0.05, 0) is 45.4 Å². The number of aryl methyl sites for hydroxylation is 1. The van der Waals surface area contributed by atoms with Crippen LogP contribution in [-0.2, 0) is 10.8 Å². The Kier molecular flexibility index (Phi) is 4.66. The van der Waals surface area contributed by atoms with Crippen LogP contribution in [-0.4, -0.2) is 20.7 Å². The monoisotopic (exact) mass is 252 g/mol. The molecule has 1 atom stereocenters. The minimum absolute atomic E-state index is 0.443. The van der Waals surface area contributed by atoms with Crippen LogP contribution in [0.5, 0.6) is 0 Å². The SMILES string of the molecule is C/C(=C\CS(=O)c1ccc(C)cc1)C(C)(C)O. The minimum Gasteiger partial charge on any atom is -0.386 e. The third-order valence-electron chi connectivity index (χ3n) is 2.79. The van der Waals surface area contributed by atoms with Crippen LogP contribution in [0.3, 0.4) is 0 Å². The van der Waals surface area contributed by atoms with E-state index in [0.717, 1.165) is 16.0 Å². The summed E-state index contributed by atoms with van der Waals surface area (Å²) < 4.78 is 12.0. The first kappa shape index (κ1) is 14.1. The van der Waals surface area contributed by atoms with Crippen molar-refractivity contribution in [2.75, 3.05) is 5.75 Å². The quantitative estimate of drug-likeness (QED) is 0.837. The maximum Gasteiger partial charge on any atom is 0.0798 e. The number of hydrogen-bond donors (Lipinski definition) is 1. The Hall–Kier alpha value is -0.930. The van der Waals surface area contributed by atoms with Crippen LogP contribution in [0.2, 0.25) is 0 Å². The Bertz CT molecular complexity index is 425. The summed E-state index contributed by atoms with van der Waals surface area (Å²) in [6, 6.07) is 7.69. The summed E-state index contributed by atoms with van der Waals surface area (Å²) in [5, 5.41) is 9.74.